The zero-order valence-electron chi connectivity index (χ0n) is 9.14. The average Bonchev–Trinajstić information content (AvgIpc) is 2.09. The molecule has 0 saturated heterocycles. The molecule has 0 spiro atoms. The van der Waals surface area contributed by atoms with E-state index < -0.39 is 0 Å². The van der Waals surface area contributed by atoms with E-state index in [1.54, 1.807) is 7.11 Å². The minimum Gasteiger partial charge on any atom is -0.377 e. The van der Waals surface area contributed by atoms with Crippen molar-refractivity contribution in [2.24, 2.45) is 11.8 Å². The van der Waals surface area contributed by atoms with Crippen molar-refractivity contribution in [1.82, 2.24) is 0 Å². The Morgan fingerprint density at radius 1 is 1.46 bits per heavy atom. The van der Waals surface area contributed by atoms with Gasteiger partial charge in [-0.3, -0.25) is 0 Å². The van der Waals surface area contributed by atoms with Gasteiger partial charge < -0.3 is 4.74 Å². The number of halogens is 1. The first-order valence-corrected chi connectivity index (χ1v) is 5.62. The van der Waals surface area contributed by atoms with E-state index in [0.717, 1.165) is 24.7 Å². The molecule has 0 aromatic carbocycles. The molecule has 0 aromatic rings. The normalized spacial score (nSPS) is 41.1. The summed E-state index contributed by atoms with van der Waals surface area (Å²) in [6, 6.07) is 0. The number of hydrogen-bond acceptors (Lipinski definition) is 1. The molecule has 1 aliphatic rings. The van der Waals surface area contributed by atoms with Gasteiger partial charge in [-0.25, -0.2) is 0 Å². The molecular weight excluding hydrogens is 184 g/mol. The van der Waals surface area contributed by atoms with Gasteiger partial charge in [0.2, 0.25) is 0 Å². The summed E-state index contributed by atoms with van der Waals surface area (Å²) in [7, 11) is 1.77. The molecule has 0 bridgehead atoms. The molecule has 0 radical (unpaired) electrons. The van der Waals surface area contributed by atoms with Crippen LogP contribution in [0.2, 0.25) is 0 Å². The van der Waals surface area contributed by atoms with E-state index in [0.29, 0.717) is 0 Å². The van der Waals surface area contributed by atoms with Crippen LogP contribution in [-0.2, 0) is 4.74 Å². The van der Waals surface area contributed by atoms with Crippen LogP contribution in [0.3, 0.4) is 0 Å². The first kappa shape index (κ1) is 11.3. The van der Waals surface area contributed by atoms with Crippen LogP contribution in [0.25, 0.3) is 0 Å². The second-order valence-electron chi connectivity index (χ2n) is 4.76. The monoisotopic (exact) mass is 204 g/mol. The van der Waals surface area contributed by atoms with Crippen LogP contribution in [0.5, 0.6) is 0 Å². The Hall–Kier alpha value is 0.250. The van der Waals surface area contributed by atoms with Crippen molar-refractivity contribution in [3.63, 3.8) is 0 Å². The summed E-state index contributed by atoms with van der Waals surface area (Å²) in [6.45, 7) is 6.69. The zero-order valence-corrected chi connectivity index (χ0v) is 9.90. The maximum Gasteiger partial charge on any atom is 0.0813 e. The third-order valence-corrected chi connectivity index (χ3v) is 4.23. The Morgan fingerprint density at radius 3 is 2.46 bits per heavy atom. The van der Waals surface area contributed by atoms with Gasteiger partial charge in [0, 0.05) is 7.11 Å². The maximum absolute atomic E-state index is 6.34. The molecule has 0 N–H and O–H groups in total. The van der Waals surface area contributed by atoms with Crippen molar-refractivity contribution >= 4 is 11.6 Å². The van der Waals surface area contributed by atoms with Gasteiger partial charge in [0.25, 0.3) is 0 Å². The Morgan fingerprint density at radius 2 is 2.08 bits per heavy atom. The minimum absolute atomic E-state index is 0.0903. The Bertz CT molecular complexity index is 169. The first-order valence-electron chi connectivity index (χ1n) is 5.19. The summed E-state index contributed by atoms with van der Waals surface area (Å²) >= 11 is 6.34. The lowest BCUT2D eigenvalue weighted by Crippen LogP contribution is -2.43. The summed E-state index contributed by atoms with van der Waals surface area (Å²) in [4.78, 5) is 0. The minimum atomic E-state index is -0.0903. The van der Waals surface area contributed by atoms with Crippen LogP contribution in [0.1, 0.15) is 40.0 Å². The van der Waals surface area contributed by atoms with Gasteiger partial charge in [-0.1, -0.05) is 13.8 Å². The number of methoxy groups -OCH3 is 1. The van der Waals surface area contributed by atoms with E-state index in [-0.39, 0.29) is 11.0 Å². The maximum atomic E-state index is 6.34. The summed E-state index contributed by atoms with van der Waals surface area (Å²) in [5.74, 6) is 1.54. The van der Waals surface area contributed by atoms with Gasteiger partial charge >= 0.3 is 0 Å². The van der Waals surface area contributed by atoms with Gasteiger partial charge in [-0.15, -0.1) is 11.6 Å². The summed E-state index contributed by atoms with van der Waals surface area (Å²) in [6.07, 6.45) is 3.45. The third-order valence-electron chi connectivity index (χ3n) is 3.59. The highest BCUT2D eigenvalue weighted by molar-refractivity contribution is 6.21. The summed E-state index contributed by atoms with van der Waals surface area (Å²) in [5, 5.41) is 0.179. The molecule has 3 atom stereocenters. The van der Waals surface area contributed by atoms with Crippen LogP contribution in [-0.4, -0.2) is 18.1 Å². The first-order chi connectivity index (χ1) is 5.99. The summed E-state index contributed by atoms with van der Waals surface area (Å²) < 4.78 is 5.49. The molecule has 13 heavy (non-hydrogen) atoms. The molecule has 0 aromatic heterocycles. The number of ether oxygens (including phenoxy) is 1. The van der Waals surface area contributed by atoms with Crippen molar-refractivity contribution in [3.8, 4) is 0 Å². The lowest BCUT2D eigenvalue weighted by Gasteiger charge is -2.41. The molecule has 1 saturated carbocycles. The second kappa shape index (κ2) is 4.18. The van der Waals surface area contributed by atoms with Crippen molar-refractivity contribution in [2.75, 3.05) is 7.11 Å². The molecule has 1 fully saturated rings. The zero-order chi connectivity index (χ0) is 10.1. The molecule has 1 aliphatic carbocycles. The second-order valence-corrected chi connectivity index (χ2v) is 5.29. The van der Waals surface area contributed by atoms with E-state index in [2.05, 4.69) is 20.8 Å². The Labute approximate surface area is 86.8 Å². The predicted molar refractivity (Wildman–Crippen MR) is 57.2 cm³/mol. The Kier molecular flexibility index (Phi) is 3.64. The summed E-state index contributed by atoms with van der Waals surface area (Å²) in [5.41, 5.74) is -0.0903. The lowest BCUT2D eigenvalue weighted by molar-refractivity contribution is -0.0342. The van der Waals surface area contributed by atoms with Crippen LogP contribution >= 0.6 is 11.6 Å². The van der Waals surface area contributed by atoms with E-state index in [1.165, 1.54) is 6.42 Å². The van der Waals surface area contributed by atoms with Crippen molar-refractivity contribution in [1.29, 1.82) is 0 Å². The number of hydrogen-bond donors (Lipinski definition) is 0. The van der Waals surface area contributed by atoms with Crippen molar-refractivity contribution < 1.29 is 4.74 Å². The molecule has 2 heteroatoms. The van der Waals surface area contributed by atoms with Crippen LogP contribution < -0.4 is 0 Å². The quantitative estimate of drug-likeness (QED) is 0.626. The van der Waals surface area contributed by atoms with Gasteiger partial charge in [0.15, 0.2) is 0 Å². The molecule has 0 amide bonds. The smallest absolute Gasteiger partial charge is 0.0813 e. The largest absolute Gasteiger partial charge is 0.377 e. The molecule has 1 nitrogen and oxygen atoms in total. The van der Waals surface area contributed by atoms with Crippen LogP contribution in [0.4, 0.5) is 0 Å². The topological polar surface area (TPSA) is 9.23 Å². The third kappa shape index (κ3) is 2.38. The van der Waals surface area contributed by atoms with Gasteiger partial charge in [0.05, 0.1) is 11.0 Å². The molecular formula is C11H21ClO. The predicted octanol–water partition coefficient (Wildman–Crippen LogP) is 3.46. The fourth-order valence-corrected chi connectivity index (χ4v) is 2.52. The van der Waals surface area contributed by atoms with Gasteiger partial charge in [0.1, 0.15) is 0 Å². The SMILES string of the molecule is COC1(C)CCC(C(C)C)CC1Cl. The van der Waals surface area contributed by atoms with Crippen molar-refractivity contribution in [2.45, 2.75) is 51.0 Å². The fraction of sp³-hybridized carbons (Fsp3) is 1.00. The van der Waals surface area contributed by atoms with Gasteiger partial charge in [-0.05, 0) is 38.0 Å². The van der Waals surface area contributed by atoms with E-state index >= 15 is 0 Å². The lowest BCUT2D eigenvalue weighted by atomic mass is 9.75. The van der Waals surface area contributed by atoms with Gasteiger partial charge in [-0.2, -0.15) is 0 Å². The highest BCUT2D eigenvalue weighted by atomic mass is 35.5. The number of alkyl halides is 1. The highest BCUT2D eigenvalue weighted by Crippen LogP contribution is 2.40. The molecule has 1 rings (SSSR count). The van der Waals surface area contributed by atoms with E-state index in [9.17, 15) is 0 Å². The van der Waals surface area contributed by atoms with Crippen molar-refractivity contribution in [3.05, 3.63) is 0 Å². The van der Waals surface area contributed by atoms with E-state index in [1.807, 2.05) is 0 Å². The molecule has 0 aliphatic heterocycles. The highest BCUT2D eigenvalue weighted by Gasteiger charge is 2.39. The van der Waals surface area contributed by atoms with Crippen LogP contribution in [0, 0.1) is 11.8 Å². The molecule has 78 valence electrons. The average molecular weight is 205 g/mol. The standard InChI is InChI=1S/C11H21ClO/c1-8(2)9-5-6-11(3,13-4)10(12)7-9/h8-10H,5-7H2,1-4H3. The Balaban J connectivity index is 2.56. The molecule has 3 unspecified atom stereocenters. The molecule has 0 heterocycles. The number of rotatable bonds is 2. The fourth-order valence-electron chi connectivity index (χ4n) is 2.10. The van der Waals surface area contributed by atoms with E-state index in [4.69, 9.17) is 16.3 Å². The van der Waals surface area contributed by atoms with Crippen LogP contribution in [0.15, 0.2) is 0 Å².